The van der Waals surface area contributed by atoms with Gasteiger partial charge >= 0.3 is 5.97 Å². The zero-order chi connectivity index (χ0) is 46.5. The number of thiazole rings is 1. The lowest BCUT2D eigenvalue weighted by atomic mass is 9.67. The van der Waals surface area contributed by atoms with Gasteiger partial charge in [0.1, 0.15) is 24.4 Å². The number of allylic oxidation sites excluding steroid dienone is 2. The fraction of sp³-hybridized carbons (Fsp3) is 0.735. The third-order valence-electron chi connectivity index (χ3n) is 15.5. The van der Waals surface area contributed by atoms with E-state index in [9.17, 15) is 13.2 Å². The van der Waals surface area contributed by atoms with E-state index in [-0.39, 0.29) is 77.3 Å². The highest BCUT2D eigenvalue weighted by atomic mass is 32.2. The van der Waals surface area contributed by atoms with Crippen molar-refractivity contribution in [3.05, 3.63) is 57.1 Å². The van der Waals surface area contributed by atoms with Crippen LogP contribution in [0.1, 0.15) is 118 Å². The van der Waals surface area contributed by atoms with Crippen molar-refractivity contribution in [1.82, 2.24) is 9.29 Å². The van der Waals surface area contributed by atoms with Crippen LogP contribution in [0.5, 0.6) is 0 Å². The van der Waals surface area contributed by atoms with Crippen LogP contribution in [-0.4, -0.2) is 125 Å². The smallest absolute Gasteiger partial charge is 0.306 e. The third-order valence-corrected chi connectivity index (χ3v) is 18.5. The maximum atomic E-state index is 15.2. The van der Waals surface area contributed by atoms with E-state index >= 15 is 4.79 Å². The molecule has 4 fully saturated rings. The van der Waals surface area contributed by atoms with Gasteiger partial charge in [-0.3, -0.25) is 9.59 Å². The first kappa shape index (κ1) is 48.8. The summed E-state index contributed by atoms with van der Waals surface area (Å²) in [5.41, 5.74) is 2.63. The number of fused-ring (bicyclic) bond motifs is 8. The second-order valence-electron chi connectivity index (χ2n) is 19.4. The number of benzene rings is 1. The summed E-state index contributed by atoms with van der Waals surface area (Å²) in [5.74, 6) is -1.15. The molecule has 0 spiro atoms. The lowest BCUT2D eigenvalue weighted by Crippen LogP contribution is -2.59. The van der Waals surface area contributed by atoms with Crippen molar-refractivity contribution in [3.63, 3.8) is 0 Å². The largest absolute Gasteiger partial charge is 0.462 e. The summed E-state index contributed by atoms with van der Waals surface area (Å²) >= 11 is 1.71. The molecule has 8 rings (SSSR count). The van der Waals surface area contributed by atoms with Crippen LogP contribution >= 0.6 is 11.3 Å². The Morgan fingerprint density at radius 1 is 0.862 bits per heavy atom. The number of likely N-dealkylation sites (N-methyl/N-ethyl adjacent to an activating group) is 1. The molecule has 2 aromatic rings. The zero-order valence-electron chi connectivity index (χ0n) is 39.7. The summed E-state index contributed by atoms with van der Waals surface area (Å²) in [6.07, 6.45) is 3.27. The Balaban J connectivity index is 1.04. The number of methoxy groups -OCH3 is 3. The van der Waals surface area contributed by atoms with Crippen LogP contribution < -0.4 is 0 Å². The summed E-state index contributed by atoms with van der Waals surface area (Å²) in [6, 6.07) is 6.49. The summed E-state index contributed by atoms with van der Waals surface area (Å²) in [6.45, 7) is 11.8. The number of hydrogen-bond acceptors (Lipinski definition) is 14. The molecule has 360 valence electrons. The molecule has 3 saturated heterocycles. The lowest BCUT2D eigenvalue weighted by molar-refractivity contribution is -0.314. The molecule has 16 heteroatoms. The van der Waals surface area contributed by atoms with Crippen molar-refractivity contribution >= 4 is 33.1 Å². The van der Waals surface area contributed by atoms with Crippen LogP contribution in [0.2, 0.25) is 0 Å². The fourth-order valence-electron chi connectivity index (χ4n) is 12.0. The van der Waals surface area contributed by atoms with E-state index < -0.39 is 58.8 Å². The van der Waals surface area contributed by atoms with Crippen molar-refractivity contribution in [1.29, 1.82) is 0 Å². The Labute approximate surface area is 389 Å². The average Bonchev–Trinajstić information content (AvgIpc) is 3.99. The maximum absolute atomic E-state index is 15.2. The van der Waals surface area contributed by atoms with Crippen molar-refractivity contribution in [2.75, 3.05) is 28.4 Å². The minimum atomic E-state index is -3.75. The molecule has 0 N–H and O–H groups in total. The number of ether oxygens (including phenoxy) is 8. The number of esters is 1. The second-order valence-corrected chi connectivity index (χ2v) is 22.6. The average molecular weight is 943 g/mol. The van der Waals surface area contributed by atoms with Gasteiger partial charge in [0.05, 0.1) is 52.5 Å². The molecule has 17 atom stereocenters. The molecule has 3 aliphatic carbocycles. The van der Waals surface area contributed by atoms with Crippen LogP contribution in [0.4, 0.5) is 0 Å². The molecular formula is C49H70N2O12S2. The minimum Gasteiger partial charge on any atom is -0.462 e. The standard InChI is InChI=1S/C49H70N2O12S2/c1-11-30-13-12-14-39(63-41-20-19-38(27(4)59-41)51(7)65(54,55)32-17-15-25(2)16-18-32)26(3)44(53)36-23-34-33-21-31(62-49-47(58-10)46(57-9)45(56-8)28(5)60-49)22-37(33)48-43(50-29(6)64-48)42(34)35(36)24-40(52)61-30/h15-18,23,26-28,30-31,33-35,37-39,41-42,45-47,49H,11-14,19-22,24H2,1-10H3/t26-,27?,28?,30+,31+,33+,34+,35-,37-,38+,39+,41+,42-,45+,46?,47?,49+/m1/s1. The molecule has 65 heavy (non-hydrogen) atoms. The first-order valence-corrected chi connectivity index (χ1v) is 26.0. The monoisotopic (exact) mass is 942 g/mol. The van der Waals surface area contributed by atoms with Gasteiger partial charge in [-0.2, -0.15) is 4.31 Å². The Bertz CT molecular complexity index is 2150. The fourth-order valence-corrected chi connectivity index (χ4v) is 14.7. The second kappa shape index (κ2) is 20.1. The number of aryl methyl sites for hydroxylation is 2. The third kappa shape index (κ3) is 9.56. The number of Topliss-reactive ketones (excluding diaryl/α,β-unsaturated/α-hetero) is 1. The van der Waals surface area contributed by atoms with E-state index in [1.807, 2.05) is 41.5 Å². The van der Waals surface area contributed by atoms with E-state index in [2.05, 4.69) is 6.08 Å². The molecule has 14 nitrogen and oxygen atoms in total. The van der Waals surface area contributed by atoms with Gasteiger partial charge in [-0.15, -0.1) is 11.3 Å². The van der Waals surface area contributed by atoms with E-state index in [1.165, 1.54) is 9.18 Å². The van der Waals surface area contributed by atoms with Gasteiger partial charge in [0.25, 0.3) is 0 Å². The summed E-state index contributed by atoms with van der Waals surface area (Å²) < 4.78 is 79.0. The van der Waals surface area contributed by atoms with Crippen LogP contribution in [-0.2, 0) is 57.5 Å². The first-order valence-electron chi connectivity index (χ1n) is 23.8. The number of rotatable bonds is 11. The van der Waals surface area contributed by atoms with Gasteiger partial charge in [-0.05, 0) is 102 Å². The zero-order valence-corrected chi connectivity index (χ0v) is 41.3. The predicted octanol–water partition coefficient (Wildman–Crippen LogP) is 7.40. The molecule has 0 amide bonds. The molecule has 1 aromatic carbocycles. The van der Waals surface area contributed by atoms with Gasteiger partial charge in [0, 0.05) is 63.3 Å². The summed E-state index contributed by atoms with van der Waals surface area (Å²) in [7, 11) is 2.80. The van der Waals surface area contributed by atoms with Gasteiger partial charge < -0.3 is 37.9 Å². The van der Waals surface area contributed by atoms with Crippen LogP contribution in [0.3, 0.4) is 0 Å². The molecule has 3 aliphatic heterocycles. The van der Waals surface area contributed by atoms with Gasteiger partial charge in [0.15, 0.2) is 18.4 Å². The molecule has 4 heterocycles. The molecule has 4 unspecified atom stereocenters. The minimum absolute atomic E-state index is 0.0258. The molecule has 6 aliphatic rings. The van der Waals surface area contributed by atoms with E-state index in [1.54, 1.807) is 64.0 Å². The number of hydrogen-bond donors (Lipinski definition) is 0. The first-order chi connectivity index (χ1) is 31.1. The number of sulfonamides is 1. The Kier molecular flexibility index (Phi) is 15.1. The Morgan fingerprint density at radius 2 is 1.58 bits per heavy atom. The Hall–Kier alpha value is -2.64. The predicted molar refractivity (Wildman–Crippen MR) is 243 cm³/mol. The van der Waals surface area contributed by atoms with E-state index in [4.69, 9.17) is 42.9 Å². The quantitative estimate of drug-likeness (QED) is 0.206. The van der Waals surface area contributed by atoms with Gasteiger partial charge in [0.2, 0.25) is 10.0 Å². The normalized spacial score (nSPS) is 39.1. The highest BCUT2D eigenvalue weighted by Gasteiger charge is 2.57. The highest BCUT2D eigenvalue weighted by molar-refractivity contribution is 7.89. The van der Waals surface area contributed by atoms with Crippen LogP contribution in [0, 0.1) is 37.5 Å². The highest BCUT2D eigenvalue weighted by Crippen LogP contribution is 2.62. The van der Waals surface area contributed by atoms with Crippen molar-refractivity contribution in [3.8, 4) is 0 Å². The number of carbonyl (C=O) groups is 2. The maximum Gasteiger partial charge on any atom is 0.306 e. The Morgan fingerprint density at radius 3 is 2.26 bits per heavy atom. The summed E-state index contributed by atoms with van der Waals surface area (Å²) in [5, 5.41) is 0.961. The van der Waals surface area contributed by atoms with Crippen LogP contribution in [0.15, 0.2) is 40.8 Å². The number of ketones is 1. The van der Waals surface area contributed by atoms with Gasteiger partial charge in [-0.25, -0.2) is 13.4 Å². The molecule has 0 radical (unpaired) electrons. The number of aromatic nitrogens is 1. The molecule has 1 saturated carbocycles. The molecule has 0 bridgehead atoms. The van der Waals surface area contributed by atoms with Crippen molar-refractivity contribution in [2.24, 2.45) is 23.7 Å². The molecular weight excluding hydrogens is 873 g/mol. The lowest BCUT2D eigenvalue weighted by Gasteiger charge is -2.44. The van der Waals surface area contributed by atoms with E-state index in [0.717, 1.165) is 29.1 Å². The van der Waals surface area contributed by atoms with E-state index in [0.29, 0.717) is 44.1 Å². The van der Waals surface area contributed by atoms with Crippen LogP contribution in [0.25, 0.3) is 0 Å². The number of nitrogens with zero attached hydrogens (tertiary/aromatic N) is 2. The number of cyclic esters (lactones) is 1. The SMILES string of the molecule is CC[C@H]1CCC[C@H](O[C@H]2CC[C@H](N(C)S(=O)(=O)c3ccc(C)cc3)C(C)O2)[C@@H](C)C(=O)C2=C[C@H]3[C@@H]4C[C@H](O[C@@H]5OC(C)[C@H](OC)C(OC)C5OC)C[C@H]4c4sc(C)nc4[C@H]3[C@@H]2CC(=O)O1. The molecule has 1 aromatic heterocycles. The summed E-state index contributed by atoms with van der Waals surface area (Å²) in [4.78, 5) is 35.7. The topological polar surface area (TPSA) is 158 Å². The van der Waals surface area contributed by atoms with Crippen molar-refractivity contribution in [2.45, 2.75) is 184 Å². The van der Waals surface area contributed by atoms with Crippen molar-refractivity contribution < 1.29 is 55.9 Å². The number of carbonyl (C=O) groups excluding carboxylic acids is 2. The van der Waals surface area contributed by atoms with Gasteiger partial charge in [-0.1, -0.05) is 37.6 Å².